The first kappa shape index (κ1) is 24.5. The van der Waals surface area contributed by atoms with Crippen LogP contribution in [0.3, 0.4) is 0 Å². The summed E-state index contributed by atoms with van der Waals surface area (Å²) in [7, 11) is -3.73. The third kappa shape index (κ3) is 8.11. The highest BCUT2D eigenvalue weighted by molar-refractivity contribution is 7.86. The van der Waals surface area contributed by atoms with Crippen molar-refractivity contribution in [1.29, 1.82) is 0 Å². The summed E-state index contributed by atoms with van der Waals surface area (Å²) >= 11 is 0. The van der Waals surface area contributed by atoms with Crippen molar-refractivity contribution in [2.24, 2.45) is 5.73 Å². The number of carbonyl (C=O) groups is 2. The lowest BCUT2D eigenvalue weighted by Gasteiger charge is -2.24. The SMILES string of the molecule is CC(CC(N)=O)OC[C@@H]1C[C@@H](OS(C)(=O)=O)CN1C(=O)OCc1ccc([N+](=O)[O-])cc1. The van der Waals surface area contributed by atoms with Crippen molar-refractivity contribution in [2.45, 2.75) is 44.6 Å². The highest BCUT2D eigenvalue weighted by Gasteiger charge is 2.38. The largest absolute Gasteiger partial charge is 0.445 e. The van der Waals surface area contributed by atoms with Crippen LogP contribution < -0.4 is 5.73 Å². The Morgan fingerprint density at radius 1 is 1.32 bits per heavy atom. The van der Waals surface area contributed by atoms with E-state index in [0.29, 0.717) is 5.56 Å². The lowest BCUT2D eigenvalue weighted by Crippen LogP contribution is -2.39. The van der Waals surface area contributed by atoms with Crippen LogP contribution in [0.25, 0.3) is 0 Å². The molecular weight excluding hydrogens is 434 g/mol. The van der Waals surface area contributed by atoms with Gasteiger partial charge in [-0.15, -0.1) is 0 Å². The molecule has 0 aliphatic carbocycles. The molecule has 2 N–H and O–H groups in total. The molecule has 12 nitrogen and oxygen atoms in total. The van der Waals surface area contributed by atoms with Crippen LogP contribution >= 0.6 is 0 Å². The van der Waals surface area contributed by atoms with E-state index in [2.05, 4.69) is 0 Å². The molecule has 1 fully saturated rings. The van der Waals surface area contributed by atoms with Crippen molar-refractivity contribution in [3.05, 3.63) is 39.9 Å². The van der Waals surface area contributed by atoms with E-state index >= 15 is 0 Å². The second kappa shape index (κ2) is 10.5. The summed E-state index contributed by atoms with van der Waals surface area (Å²) in [5, 5.41) is 10.7. The molecule has 1 unspecified atom stereocenters. The Balaban J connectivity index is 2.00. The van der Waals surface area contributed by atoms with Crippen molar-refractivity contribution in [1.82, 2.24) is 4.90 Å². The van der Waals surface area contributed by atoms with Crippen molar-refractivity contribution in [2.75, 3.05) is 19.4 Å². The highest BCUT2D eigenvalue weighted by Crippen LogP contribution is 2.24. The number of nitro groups is 1. The summed E-state index contributed by atoms with van der Waals surface area (Å²) in [6.07, 6.45) is -0.839. The fourth-order valence-electron chi connectivity index (χ4n) is 3.13. The Bertz CT molecular complexity index is 904. The lowest BCUT2D eigenvalue weighted by molar-refractivity contribution is -0.384. The fourth-order valence-corrected chi connectivity index (χ4v) is 3.77. The van der Waals surface area contributed by atoms with E-state index < -0.39 is 45.3 Å². The molecule has 1 heterocycles. The minimum atomic E-state index is -3.73. The van der Waals surface area contributed by atoms with E-state index in [1.54, 1.807) is 6.92 Å². The van der Waals surface area contributed by atoms with Crippen molar-refractivity contribution >= 4 is 27.8 Å². The van der Waals surface area contributed by atoms with Crippen LogP contribution in [0.1, 0.15) is 25.3 Å². The van der Waals surface area contributed by atoms with Gasteiger partial charge in [-0.05, 0) is 31.0 Å². The Morgan fingerprint density at radius 2 is 1.97 bits per heavy atom. The number of likely N-dealkylation sites (tertiary alicyclic amines) is 1. The van der Waals surface area contributed by atoms with Crippen LogP contribution in [-0.4, -0.2) is 67.9 Å². The Morgan fingerprint density at radius 3 is 2.52 bits per heavy atom. The van der Waals surface area contributed by atoms with Gasteiger partial charge in [0, 0.05) is 12.1 Å². The first-order valence-corrected chi connectivity index (χ1v) is 11.2. The van der Waals surface area contributed by atoms with Gasteiger partial charge in [-0.1, -0.05) is 0 Å². The van der Waals surface area contributed by atoms with Crippen LogP contribution in [0.4, 0.5) is 10.5 Å². The van der Waals surface area contributed by atoms with Gasteiger partial charge in [0.1, 0.15) is 6.61 Å². The summed E-state index contributed by atoms with van der Waals surface area (Å²) in [4.78, 5) is 35.1. The Labute approximate surface area is 179 Å². The molecule has 13 heteroatoms. The summed E-state index contributed by atoms with van der Waals surface area (Å²) < 4.78 is 38.8. The van der Waals surface area contributed by atoms with Gasteiger partial charge in [0.2, 0.25) is 5.91 Å². The number of nitrogens with two attached hydrogens (primary N) is 1. The molecule has 1 aliphatic rings. The molecule has 0 radical (unpaired) electrons. The number of amides is 2. The third-order valence-corrected chi connectivity index (χ3v) is 5.11. The van der Waals surface area contributed by atoms with Crippen molar-refractivity contribution in [3.8, 4) is 0 Å². The maximum atomic E-state index is 12.6. The second-order valence-electron chi connectivity index (χ2n) is 7.26. The maximum absolute atomic E-state index is 12.6. The van der Waals surface area contributed by atoms with E-state index in [-0.39, 0.29) is 38.3 Å². The summed E-state index contributed by atoms with van der Waals surface area (Å²) in [6, 6.07) is 5.00. The van der Waals surface area contributed by atoms with Crippen LogP contribution in [0.2, 0.25) is 0 Å². The van der Waals surface area contributed by atoms with Crippen molar-refractivity contribution < 1.29 is 36.6 Å². The van der Waals surface area contributed by atoms with Gasteiger partial charge in [-0.2, -0.15) is 8.42 Å². The number of hydrogen-bond donors (Lipinski definition) is 1. The quantitative estimate of drug-likeness (QED) is 0.304. The zero-order valence-electron chi connectivity index (χ0n) is 17.1. The zero-order valence-corrected chi connectivity index (χ0v) is 17.9. The van der Waals surface area contributed by atoms with E-state index in [9.17, 15) is 28.1 Å². The average molecular weight is 459 g/mol. The van der Waals surface area contributed by atoms with E-state index in [0.717, 1.165) is 6.26 Å². The molecular formula is C18H25N3O9S. The normalized spacial score (nSPS) is 19.7. The standard InChI is InChI=1S/C18H25N3O9S/c1-12(7-17(19)22)28-11-15-8-16(30-31(2,26)27)9-20(15)18(23)29-10-13-3-5-14(6-4-13)21(24)25/h3-6,12,15-16H,7-11H2,1-2H3,(H2,19,22)/t12?,15-,16+/m0/s1. The van der Waals surface area contributed by atoms with Gasteiger partial charge in [-0.25, -0.2) is 4.79 Å². The lowest BCUT2D eigenvalue weighted by atomic mass is 10.2. The second-order valence-corrected chi connectivity index (χ2v) is 8.86. The summed E-state index contributed by atoms with van der Waals surface area (Å²) in [6.45, 7) is 1.53. The third-order valence-electron chi connectivity index (χ3n) is 4.49. The molecule has 1 aromatic rings. The monoisotopic (exact) mass is 459 g/mol. The van der Waals surface area contributed by atoms with Gasteiger partial charge in [-0.3, -0.25) is 19.1 Å². The molecule has 0 saturated carbocycles. The molecule has 0 spiro atoms. The predicted octanol–water partition coefficient (Wildman–Crippen LogP) is 0.931. The Hall–Kier alpha value is -2.77. The number of non-ortho nitro benzene ring substituents is 1. The van der Waals surface area contributed by atoms with Gasteiger partial charge in [0.25, 0.3) is 15.8 Å². The number of nitro benzene ring substituents is 1. The summed E-state index contributed by atoms with van der Waals surface area (Å²) in [5.41, 5.74) is 5.60. The number of carbonyl (C=O) groups excluding carboxylic acids is 2. The molecule has 2 amide bonds. The van der Waals surface area contributed by atoms with Crippen LogP contribution in [0.15, 0.2) is 24.3 Å². The molecule has 172 valence electrons. The average Bonchev–Trinajstić information content (AvgIpc) is 3.05. The minimum Gasteiger partial charge on any atom is -0.445 e. The zero-order chi connectivity index (χ0) is 23.2. The van der Waals surface area contributed by atoms with E-state index in [4.69, 9.17) is 19.4 Å². The van der Waals surface area contributed by atoms with E-state index in [1.807, 2.05) is 0 Å². The predicted molar refractivity (Wildman–Crippen MR) is 107 cm³/mol. The smallest absolute Gasteiger partial charge is 0.410 e. The van der Waals surface area contributed by atoms with Gasteiger partial charge in [0.15, 0.2) is 0 Å². The molecule has 3 atom stereocenters. The molecule has 1 saturated heterocycles. The number of benzene rings is 1. The number of ether oxygens (including phenoxy) is 2. The number of rotatable bonds is 10. The van der Waals surface area contributed by atoms with Gasteiger partial charge in [0.05, 0.1) is 49.0 Å². The van der Waals surface area contributed by atoms with Crippen LogP contribution in [-0.2, 0) is 35.2 Å². The fraction of sp³-hybridized carbons (Fsp3) is 0.556. The maximum Gasteiger partial charge on any atom is 0.410 e. The number of nitrogens with zero attached hydrogens (tertiary/aromatic N) is 2. The molecule has 1 aromatic carbocycles. The van der Waals surface area contributed by atoms with Crippen molar-refractivity contribution in [3.63, 3.8) is 0 Å². The molecule has 2 rings (SSSR count). The van der Waals surface area contributed by atoms with Gasteiger partial charge >= 0.3 is 6.09 Å². The molecule has 0 bridgehead atoms. The van der Waals surface area contributed by atoms with Gasteiger partial charge < -0.3 is 20.1 Å². The summed E-state index contributed by atoms with van der Waals surface area (Å²) in [5.74, 6) is -0.531. The molecule has 1 aliphatic heterocycles. The Kier molecular flexibility index (Phi) is 8.30. The number of primary amides is 1. The first-order valence-electron chi connectivity index (χ1n) is 9.39. The minimum absolute atomic E-state index is 0.000574. The van der Waals surface area contributed by atoms with Crippen LogP contribution in [0.5, 0.6) is 0 Å². The highest BCUT2D eigenvalue weighted by atomic mass is 32.2. The topological polar surface area (TPSA) is 168 Å². The first-order chi connectivity index (χ1) is 14.4. The van der Waals surface area contributed by atoms with Crippen LogP contribution in [0, 0.1) is 10.1 Å². The molecule has 31 heavy (non-hydrogen) atoms. The van der Waals surface area contributed by atoms with E-state index in [1.165, 1.54) is 29.2 Å². The molecule has 0 aromatic heterocycles. The number of hydrogen-bond acceptors (Lipinski definition) is 9.